The second-order valence-corrected chi connectivity index (χ2v) is 6.30. The average Bonchev–Trinajstić information content (AvgIpc) is 3.13. The van der Waals surface area contributed by atoms with Gasteiger partial charge in [0.25, 0.3) is 0 Å². The number of hydrogen-bond acceptors (Lipinski definition) is 5. The third-order valence-electron chi connectivity index (χ3n) is 4.67. The van der Waals surface area contributed by atoms with Gasteiger partial charge in [-0.05, 0) is 47.5 Å². The van der Waals surface area contributed by atoms with E-state index in [0.717, 1.165) is 11.5 Å². The second-order valence-electron chi connectivity index (χ2n) is 6.30. The van der Waals surface area contributed by atoms with Crippen LogP contribution in [0.25, 0.3) is 5.69 Å². The van der Waals surface area contributed by atoms with Crippen molar-refractivity contribution in [2.24, 2.45) is 0 Å². The van der Waals surface area contributed by atoms with E-state index in [1.807, 2.05) is 42.5 Å². The maximum atomic E-state index is 15.2. The Morgan fingerprint density at radius 1 is 1.00 bits per heavy atom. The maximum Gasteiger partial charge on any atom is 0.170 e. The van der Waals surface area contributed by atoms with E-state index in [4.69, 9.17) is 0 Å². The highest BCUT2D eigenvalue weighted by molar-refractivity contribution is 5.30. The van der Waals surface area contributed by atoms with Crippen LogP contribution in [-0.4, -0.2) is 43.2 Å². The topological polar surface area (TPSA) is 59.7 Å². The number of pyridine rings is 1. The highest BCUT2D eigenvalue weighted by Crippen LogP contribution is 2.35. The van der Waals surface area contributed by atoms with Gasteiger partial charge in [0.05, 0.1) is 17.9 Å². The normalized spacial score (nSPS) is 17.5. The molecule has 0 bridgehead atoms. The van der Waals surface area contributed by atoms with Gasteiger partial charge in [0.1, 0.15) is 0 Å². The van der Waals surface area contributed by atoms with Gasteiger partial charge < -0.3 is 0 Å². The molecule has 1 aliphatic heterocycles. The van der Waals surface area contributed by atoms with Gasteiger partial charge in [-0.25, -0.2) is 4.39 Å². The van der Waals surface area contributed by atoms with Gasteiger partial charge in [-0.15, -0.1) is 5.10 Å². The van der Waals surface area contributed by atoms with Crippen molar-refractivity contribution in [3.63, 3.8) is 0 Å². The number of para-hydroxylation sites is 1. The minimum absolute atomic E-state index is 0.427. The summed E-state index contributed by atoms with van der Waals surface area (Å²) in [6, 6.07) is 15.2. The largest absolute Gasteiger partial charge is 0.296 e. The van der Waals surface area contributed by atoms with Crippen LogP contribution in [0.4, 0.5) is 4.39 Å². The molecule has 0 aliphatic carbocycles. The molecular weight excluding hydrogens is 319 g/mol. The lowest BCUT2D eigenvalue weighted by Gasteiger charge is -2.35. The summed E-state index contributed by atoms with van der Waals surface area (Å²) in [6.07, 6.45) is 2.50. The van der Waals surface area contributed by atoms with Crippen molar-refractivity contribution in [1.82, 2.24) is 30.1 Å². The van der Waals surface area contributed by atoms with Crippen molar-refractivity contribution in [2.45, 2.75) is 25.1 Å². The van der Waals surface area contributed by atoms with E-state index in [1.165, 1.54) is 0 Å². The molecule has 0 radical (unpaired) electrons. The fraction of sp³-hybridized carbons (Fsp3) is 0.333. The summed E-state index contributed by atoms with van der Waals surface area (Å²) in [5.41, 5.74) is 0.111. The van der Waals surface area contributed by atoms with Crippen molar-refractivity contribution in [2.75, 3.05) is 13.1 Å². The number of hydrogen-bond donors (Lipinski definition) is 0. The van der Waals surface area contributed by atoms with Gasteiger partial charge in [0.15, 0.2) is 11.5 Å². The molecule has 0 atom stereocenters. The summed E-state index contributed by atoms with van der Waals surface area (Å²) < 4.78 is 16.9. The van der Waals surface area contributed by atoms with Crippen LogP contribution in [-0.2, 0) is 12.2 Å². The van der Waals surface area contributed by atoms with Crippen LogP contribution in [0.3, 0.4) is 0 Å². The Hall–Kier alpha value is -2.67. The lowest BCUT2D eigenvalue weighted by molar-refractivity contribution is 0.0477. The van der Waals surface area contributed by atoms with Crippen LogP contribution in [0.5, 0.6) is 0 Å². The fourth-order valence-electron chi connectivity index (χ4n) is 3.22. The third kappa shape index (κ3) is 3.28. The van der Waals surface area contributed by atoms with Crippen LogP contribution < -0.4 is 0 Å². The highest BCUT2D eigenvalue weighted by Gasteiger charge is 2.37. The first kappa shape index (κ1) is 15.8. The monoisotopic (exact) mass is 338 g/mol. The van der Waals surface area contributed by atoms with E-state index < -0.39 is 5.67 Å². The Kier molecular flexibility index (Phi) is 4.23. The Morgan fingerprint density at radius 3 is 2.48 bits per heavy atom. The molecule has 0 unspecified atom stereocenters. The predicted molar refractivity (Wildman–Crippen MR) is 90.7 cm³/mol. The predicted octanol–water partition coefficient (Wildman–Crippen LogP) is 2.52. The summed E-state index contributed by atoms with van der Waals surface area (Å²) in [6.45, 7) is 1.89. The first-order valence-corrected chi connectivity index (χ1v) is 8.40. The number of halogens is 1. The van der Waals surface area contributed by atoms with E-state index in [0.29, 0.717) is 38.2 Å². The van der Waals surface area contributed by atoms with Gasteiger partial charge in [-0.2, -0.15) is 4.68 Å². The van der Waals surface area contributed by atoms with Crippen LogP contribution in [0.1, 0.15) is 24.4 Å². The SMILES string of the molecule is FC1(c2ccccn2)CCN(Cc2nnnn2-c2ccccc2)CC1. The summed E-state index contributed by atoms with van der Waals surface area (Å²) in [5, 5.41) is 12.0. The summed E-state index contributed by atoms with van der Waals surface area (Å²) in [4.78, 5) is 6.39. The highest BCUT2D eigenvalue weighted by atomic mass is 19.1. The lowest BCUT2D eigenvalue weighted by atomic mass is 9.89. The number of piperidine rings is 1. The number of rotatable bonds is 4. The minimum Gasteiger partial charge on any atom is -0.296 e. The maximum absolute atomic E-state index is 15.2. The molecule has 0 saturated carbocycles. The molecule has 25 heavy (non-hydrogen) atoms. The molecule has 3 heterocycles. The van der Waals surface area contributed by atoms with Crippen LogP contribution >= 0.6 is 0 Å². The van der Waals surface area contributed by atoms with E-state index >= 15 is 4.39 Å². The summed E-state index contributed by atoms with van der Waals surface area (Å²) >= 11 is 0. The Labute approximate surface area is 145 Å². The van der Waals surface area contributed by atoms with Gasteiger partial charge in [0, 0.05) is 19.3 Å². The molecule has 4 rings (SSSR count). The molecule has 7 heteroatoms. The smallest absolute Gasteiger partial charge is 0.170 e. The number of tetrazole rings is 1. The van der Waals surface area contributed by atoms with Gasteiger partial charge in [-0.3, -0.25) is 9.88 Å². The van der Waals surface area contributed by atoms with Crippen molar-refractivity contribution < 1.29 is 4.39 Å². The van der Waals surface area contributed by atoms with Gasteiger partial charge >= 0.3 is 0 Å². The van der Waals surface area contributed by atoms with E-state index in [1.54, 1.807) is 16.9 Å². The standard InChI is InChI=1S/C18H19FN6/c19-18(16-8-4-5-11-20-16)9-12-24(13-10-18)14-17-21-22-23-25(17)15-6-2-1-3-7-15/h1-8,11H,9-10,12-14H2. The van der Waals surface area contributed by atoms with E-state index in [9.17, 15) is 0 Å². The van der Waals surface area contributed by atoms with Crippen molar-refractivity contribution in [3.8, 4) is 5.69 Å². The molecule has 1 saturated heterocycles. The van der Waals surface area contributed by atoms with Gasteiger partial charge in [0.2, 0.25) is 0 Å². The van der Waals surface area contributed by atoms with Crippen LogP contribution in [0.2, 0.25) is 0 Å². The number of aromatic nitrogens is 5. The molecule has 0 N–H and O–H groups in total. The molecule has 0 amide bonds. The number of likely N-dealkylation sites (tertiary alicyclic amines) is 1. The van der Waals surface area contributed by atoms with Crippen molar-refractivity contribution >= 4 is 0 Å². The van der Waals surface area contributed by atoms with Crippen LogP contribution in [0, 0.1) is 0 Å². The minimum atomic E-state index is -1.34. The van der Waals surface area contributed by atoms with Gasteiger partial charge in [-0.1, -0.05) is 24.3 Å². The van der Waals surface area contributed by atoms with Crippen LogP contribution in [0.15, 0.2) is 54.7 Å². The molecule has 3 aromatic rings. The molecule has 1 fully saturated rings. The number of alkyl halides is 1. The number of benzene rings is 1. The Morgan fingerprint density at radius 2 is 1.76 bits per heavy atom. The zero-order valence-electron chi connectivity index (χ0n) is 13.8. The molecule has 2 aromatic heterocycles. The lowest BCUT2D eigenvalue weighted by Crippen LogP contribution is -2.40. The van der Waals surface area contributed by atoms with Crippen molar-refractivity contribution in [3.05, 3.63) is 66.2 Å². The fourth-order valence-corrected chi connectivity index (χ4v) is 3.22. The number of nitrogens with zero attached hydrogens (tertiary/aromatic N) is 6. The van der Waals surface area contributed by atoms with E-state index in [2.05, 4.69) is 25.4 Å². The van der Waals surface area contributed by atoms with E-state index in [-0.39, 0.29) is 0 Å². The summed E-state index contributed by atoms with van der Waals surface area (Å²) in [7, 11) is 0. The Balaban J connectivity index is 1.44. The average molecular weight is 338 g/mol. The molecule has 6 nitrogen and oxygen atoms in total. The first-order chi connectivity index (χ1) is 12.2. The zero-order chi connectivity index (χ0) is 17.1. The summed E-state index contributed by atoms with van der Waals surface area (Å²) in [5.74, 6) is 0.760. The van der Waals surface area contributed by atoms with Crippen molar-refractivity contribution in [1.29, 1.82) is 0 Å². The molecule has 1 aliphatic rings. The first-order valence-electron chi connectivity index (χ1n) is 8.40. The molecular formula is C18H19FN6. The quantitative estimate of drug-likeness (QED) is 0.731. The molecule has 0 spiro atoms. The third-order valence-corrected chi connectivity index (χ3v) is 4.67. The second kappa shape index (κ2) is 6.68. The molecule has 128 valence electrons. The zero-order valence-corrected chi connectivity index (χ0v) is 13.8. The molecule has 1 aromatic carbocycles. The Bertz CT molecular complexity index is 812.